The van der Waals surface area contributed by atoms with E-state index < -0.39 is 9.84 Å². The van der Waals surface area contributed by atoms with Gasteiger partial charge in [-0.15, -0.1) is 0 Å². The zero-order chi connectivity index (χ0) is 18.2. The second-order valence-corrected chi connectivity index (χ2v) is 9.67. The van der Waals surface area contributed by atoms with Gasteiger partial charge in [-0.2, -0.15) is 0 Å². The molecule has 0 amide bonds. The number of benzene rings is 3. The summed E-state index contributed by atoms with van der Waals surface area (Å²) < 4.78 is 27.2. The van der Waals surface area contributed by atoms with Gasteiger partial charge in [-0.3, -0.25) is 0 Å². The molecule has 0 bridgehead atoms. The van der Waals surface area contributed by atoms with Gasteiger partial charge in [0.05, 0.1) is 0 Å². The third-order valence-electron chi connectivity index (χ3n) is 3.61. The molecule has 2 nitrogen and oxygen atoms in total. The van der Waals surface area contributed by atoms with Crippen LogP contribution < -0.4 is 4.46 Å². The van der Waals surface area contributed by atoms with E-state index in [1.54, 1.807) is 36.4 Å². The van der Waals surface area contributed by atoms with Gasteiger partial charge in [-0.25, -0.2) is 0 Å². The van der Waals surface area contributed by atoms with E-state index in [9.17, 15) is 8.42 Å². The molecule has 0 heterocycles. The zero-order valence-corrected chi connectivity index (χ0v) is 16.6. The minimum absolute atomic E-state index is 0.0868. The summed E-state index contributed by atoms with van der Waals surface area (Å²) >= 11 is 0.0868. The predicted molar refractivity (Wildman–Crippen MR) is 109 cm³/mol. The summed E-state index contributed by atoms with van der Waals surface area (Å²) in [6, 6.07) is 28.8. The molecule has 0 N–H and O–H groups in total. The van der Waals surface area contributed by atoms with Crippen molar-refractivity contribution in [2.75, 3.05) is 0 Å². The van der Waals surface area contributed by atoms with E-state index in [1.807, 2.05) is 42.5 Å². The maximum absolute atomic E-state index is 12.4. The van der Waals surface area contributed by atoms with Crippen LogP contribution in [0, 0.1) is 0 Å². The van der Waals surface area contributed by atoms with Gasteiger partial charge in [0.1, 0.15) is 0 Å². The summed E-state index contributed by atoms with van der Waals surface area (Å²) in [6.07, 6.45) is 3.54. The standard InChI is InChI=1S/C22H18O2SSe/c23-25(24,20-13-6-2-7-14-20)18-10-17-22(19-11-4-1-5-12-19)26-21-15-8-3-9-16-21/h1-18H/b18-10+,22-17-. The van der Waals surface area contributed by atoms with Crippen molar-refractivity contribution in [1.82, 2.24) is 0 Å². The Balaban J connectivity index is 1.89. The van der Waals surface area contributed by atoms with E-state index in [0.717, 1.165) is 10.0 Å². The Morgan fingerprint density at radius 1 is 0.731 bits per heavy atom. The minimum atomic E-state index is -3.43. The molecule has 130 valence electrons. The SMILES string of the molecule is O=S(=O)(/C=C/C=C(\[Se]c1ccccc1)c1ccccc1)c1ccccc1. The maximum atomic E-state index is 12.4. The number of rotatable bonds is 6. The summed E-state index contributed by atoms with van der Waals surface area (Å²) in [6.45, 7) is 0. The summed E-state index contributed by atoms with van der Waals surface area (Å²) in [7, 11) is -3.43. The van der Waals surface area contributed by atoms with Crippen LogP contribution in [-0.2, 0) is 9.84 Å². The van der Waals surface area contributed by atoms with Crippen LogP contribution in [0.5, 0.6) is 0 Å². The molecule has 0 fully saturated rings. The summed E-state index contributed by atoms with van der Waals surface area (Å²) in [5, 5.41) is 1.27. The van der Waals surface area contributed by atoms with Crippen LogP contribution in [0.15, 0.2) is 113 Å². The molecule has 0 aliphatic rings. The van der Waals surface area contributed by atoms with E-state index in [1.165, 1.54) is 9.87 Å². The second kappa shape index (κ2) is 8.81. The fourth-order valence-electron chi connectivity index (χ4n) is 2.33. The van der Waals surface area contributed by atoms with Crippen LogP contribution >= 0.6 is 0 Å². The molecule has 0 aromatic heterocycles. The van der Waals surface area contributed by atoms with E-state index in [0.29, 0.717) is 4.90 Å². The molecule has 3 aromatic carbocycles. The Labute approximate surface area is 161 Å². The third-order valence-corrected chi connectivity index (χ3v) is 7.36. The first-order valence-corrected chi connectivity index (χ1v) is 11.4. The molecule has 0 aliphatic carbocycles. The van der Waals surface area contributed by atoms with Gasteiger partial charge in [-0.1, -0.05) is 0 Å². The van der Waals surface area contributed by atoms with Crippen molar-refractivity contribution in [3.05, 3.63) is 114 Å². The molecule has 3 aromatic rings. The monoisotopic (exact) mass is 426 g/mol. The van der Waals surface area contributed by atoms with Crippen LogP contribution in [0.1, 0.15) is 5.56 Å². The van der Waals surface area contributed by atoms with Crippen LogP contribution in [-0.4, -0.2) is 23.4 Å². The Morgan fingerprint density at radius 3 is 1.88 bits per heavy atom. The van der Waals surface area contributed by atoms with Crippen molar-refractivity contribution in [2.45, 2.75) is 4.90 Å². The first kappa shape index (κ1) is 18.4. The van der Waals surface area contributed by atoms with Gasteiger partial charge in [0, 0.05) is 0 Å². The molecular formula is C22H18O2SSe. The van der Waals surface area contributed by atoms with E-state index in [4.69, 9.17) is 0 Å². The molecule has 0 unspecified atom stereocenters. The van der Waals surface area contributed by atoms with Gasteiger partial charge in [0.25, 0.3) is 0 Å². The fourth-order valence-corrected chi connectivity index (χ4v) is 5.29. The Kier molecular flexibility index (Phi) is 6.24. The van der Waals surface area contributed by atoms with Gasteiger partial charge in [0.2, 0.25) is 0 Å². The molecule has 0 saturated carbocycles. The van der Waals surface area contributed by atoms with Crippen LogP contribution in [0.4, 0.5) is 0 Å². The van der Waals surface area contributed by atoms with Crippen LogP contribution in [0.25, 0.3) is 4.47 Å². The fraction of sp³-hybridized carbons (Fsp3) is 0. The molecule has 0 radical (unpaired) electrons. The number of allylic oxidation sites excluding steroid dienone is 2. The summed E-state index contributed by atoms with van der Waals surface area (Å²) in [5.74, 6) is 0. The molecule has 0 atom stereocenters. The Hall–Kier alpha value is -2.39. The average Bonchev–Trinajstić information content (AvgIpc) is 2.69. The van der Waals surface area contributed by atoms with Gasteiger partial charge >= 0.3 is 161 Å². The van der Waals surface area contributed by atoms with Gasteiger partial charge < -0.3 is 0 Å². The van der Waals surface area contributed by atoms with E-state index >= 15 is 0 Å². The molecule has 26 heavy (non-hydrogen) atoms. The van der Waals surface area contributed by atoms with Crippen LogP contribution in [0.2, 0.25) is 0 Å². The summed E-state index contributed by atoms with van der Waals surface area (Å²) in [5.41, 5.74) is 1.11. The van der Waals surface area contributed by atoms with Crippen molar-refractivity contribution in [3.8, 4) is 0 Å². The Morgan fingerprint density at radius 2 is 1.27 bits per heavy atom. The summed E-state index contributed by atoms with van der Waals surface area (Å²) in [4.78, 5) is 0.305. The number of hydrogen-bond donors (Lipinski definition) is 0. The second-order valence-electron chi connectivity index (χ2n) is 5.50. The Bertz CT molecular complexity index is 994. The third kappa shape index (κ3) is 5.06. The molecule has 3 rings (SSSR count). The van der Waals surface area contributed by atoms with E-state index in [-0.39, 0.29) is 15.0 Å². The normalized spacial score (nSPS) is 12.4. The molecular weight excluding hydrogens is 407 g/mol. The van der Waals surface area contributed by atoms with Crippen molar-refractivity contribution in [2.24, 2.45) is 0 Å². The zero-order valence-electron chi connectivity index (χ0n) is 14.0. The number of hydrogen-bond acceptors (Lipinski definition) is 2. The predicted octanol–water partition coefficient (Wildman–Crippen LogP) is 4.04. The van der Waals surface area contributed by atoms with E-state index in [2.05, 4.69) is 24.3 Å². The number of sulfone groups is 1. The first-order valence-electron chi connectivity index (χ1n) is 8.12. The van der Waals surface area contributed by atoms with Gasteiger partial charge in [0.15, 0.2) is 0 Å². The van der Waals surface area contributed by atoms with Crippen LogP contribution in [0.3, 0.4) is 0 Å². The van der Waals surface area contributed by atoms with Crippen molar-refractivity contribution >= 4 is 33.7 Å². The molecule has 0 saturated heterocycles. The van der Waals surface area contributed by atoms with Gasteiger partial charge in [-0.05, 0) is 0 Å². The first-order chi connectivity index (χ1) is 12.6. The topological polar surface area (TPSA) is 34.1 Å². The van der Waals surface area contributed by atoms with Crippen molar-refractivity contribution < 1.29 is 8.42 Å². The average molecular weight is 425 g/mol. The molecule has 0 aliphatic heterocycles. The van der Waals surface area contributed by atoms with Crippen molar-refractivity contribution in [3.63, 3.8) is 0 Å². The molecule has 0 spiro atoms. The van der Waals surface area contributed by atoms with Crippen molar-refractivity contribution in [1.29, 1.82) is 0 Å². The molecule has 4 heteroatoms. The quantitative estimate of drug-likeness (QED) is 0.441.